The van der Waals surface area contributed by atoms with E-state index in [1.807, 2.05) is 31.2 Å². The van der Waals surface area contributed by atoms with E-state index in [0.717, 1.165) is 43.1 Å². The van der Waals surface area contributed by atoms with Crippen LogP contribution in [0.25, 0.3) is 11.4 Å². The number of para-hydroxylation sites is 1. The number of nitrogens with zero attached hydrogens (tertiary/aromatic N) is 2. The number of aromatic nitrogens is 2. The van der Waals surface area contributed by atoms with Crippen molar-refractivity contribution in [2.24, 2.45) is 0 Å². The monoisotopic (exact) mass is 273 g/mol. The molecule has 1 saturated heterocycles. The van der Waals surface area contributed by atoms with Crippen LogP contribution in [0, 0.1) is 0 Å². The van der Waals surface area contributed by atoms with Crippen molar-refractivity contribution in [1.82, 2.24) is 15.5 Å². The van der Waals surface area contributed by atoms with Gasteiger partial charge in [-0.3, -0.25) is 0 Å². The highest BCUT2D eigenvalue weighted by molar-refractivity contribution is 5.63. The lowest BCUT2D eigenvalue weighted by Gasteiger charge is -2.18. The molecule has 3 rings (SSSR count). The summed E-state index contributed by atoms with van der Waals surface area (Å²) >= 11 is 0. The predicted molar refractivity (Wildman–Crippen MR) is 75.7 cm³/mol. The van der Waals surface area contributed by atoms with Gasteiger partial charge in [0.2, 0.25) is 11.7 Å². The molecule has 0 saturated carbocycles. The zero-order chi connectivity index (χ0) is 13.8. The second kappa shape index (κ2) is 6.05. The average Bonchev–Trinajstić information content (AvgIpc) is 2.99. The second-order valence-electron chi connectivity index (χ2n) is 4.91. The highest BCUT2D eigenvalue weighted by Gasteiger charge is 2.22. The van der Waals surface area contributed by atoms with Crippen LogP contribution in [-0.2, 0) is 0 Å². The number of piperidine rings is 1. The number of hydrogen-bond donors (Lipinski definition) is 1. The molecular formula is C15H19N3O2. The van der Waals surface area contributed by atoms with Gasteiger partial charge in [0, 0.05) is 5.92 Å². The fraction of sp³-hybridized carbons (Fsp3) is 0.467. The van der Waals surface area contributed by atoms with E-state index in [0.29, 0.717) is 18.3 Å². The first-order valence-electron chi connectivity index (χ1n) is 7.15. The molecule has 1 N–H and O–H groups in total. The van der Waals surface area contributed by atoms with Gasteiger partial charge in [-0.25, -0.2) is 0 Å². The van der Waals surface area contributed by atoms with Gasteiger partial charge in [0.1, 0.15) is 5.75 Å². The molecule has 0 spiro atoms. The highest BCUT2D eigenvalue weighted by atomic mass is 16.5. The van der Waals surface area contributed by atoms with E-state index in [9.17, 15) is 0 Å². The number of hydrogen-bond acceptors (Lipinski definition) is 5. The summed E-state index contributed by atoms with van der Waals surface area (Å²) in [4.78, 5) is 4.56. The van der Waals surface area contributed by atoms with Gasteiger partial charge in [0.05, 0.1) is 12.2 Å². The van der Waals surface area contributed by atoms with Gasteiger partial charge in [0.25, 0.3) is 0 Å². The first kappa shape index (κ1) is 13.1. The van der Waals surface area contributed by atoms with Crippen molar-refractivity contribution >= 4 is 0 Å². The van der Waals surface area contributed by atoms with Crippen molar-refractivity contribution in [2.75, 3.05) is 19.7 Å². The number of nitrogens with one attached hydrogen (secondary N) is 1. The molecule has 1 aliphatic rings. The van der Waals surface area contributed by atoms with Gasteiger partial charge in [0.15, 0.2) is 0 Å². The fourth-order valence-electron chi connectivity index (χ4n) is 2.51. The molecule has 1 aromatic heterocycles. The lowest BCUT2D eigenvalue weighted by Crippen LogP contribution is -2.26. The molecule has 0 radical (unpaired) electrons. The van der Waals surface area contributed by atoms with Gasteiger partial charge >= 0.3 is 0 Å². The molecule has 1 fully saturated rings. The average molecular weight is 273 g/mol. The van der Waals surface area contributed by atoms with Gasteiger partial charge in [-0.2, -0.15) is 4.98 Å². The summed E-state index contributed by atoms with van der Waals surface area (Å²) < 4.78 is 11.1. The Hall–Kier alpha value is -1.88. The molecule has 106 valence electrons. The van der Waals surface area contributed by atoms with Crippen LogP contribution in [0.4, 0.5) is 0 Å². The topological polar surface area (TPSA) is 60.2 Å². The lowest BCUT2D eigenvalue weighted by molar-refractivity contribution is 0.320. The lowest BCUT2D eigenvalue weighted by atomic mass is 9.98. The van der Waals surface area contributed by atoms with Gasteiger partial charge in [-0.05, 0) is 45.0 Å². The number of ether oxygens (including phenoxy) is 1. The number of benzene rings is 1. The third kappa shape index (κ3) is 2.67. The Balaban J connectivity index is 1.86. The third-order valence-electron chi connectivity index (χ3n) is 3.56. The summed E-state index contributed by atoms with van der Waals surface area (Å²) in [5.74, 6) is 2.53. The first-order valence-corrected chi connectivity index (χ1v) is 7.15. The van der Waals surface area contributed by atoms with Crippen LogP contribution in [0.2, 0.25) is 0 Å². The number of rotatable bonds is 4. The molecule has 1 aromatic carbocycles. The first-order chi connectivity index (χ1) is 9.88. The Kier molecular flexibility index (Phi) is 3.97. The van der Waals surface area contributed by atoms with Crippen molar-refractivity contribution < 1.29 is 9.26 Å². The van der Waals surface area contributed by atoms with E-state index < -0.39 is 0 Å². The largest absolute Gasteiger partial charge is 0.493 e. The Labute approximate surface area is 118 Å². The minimum atomic E-state index is 0.372. The standard InChI is InChI=1S/C15H19N3O2/c1-2-19-13-6-4-3-5-12(13)14-17-15(20-18-14)11-7-9-16-10-8-11/h3-6,11,16H,2,7-10H2,1H3. The minimum Gasteiger partial charge on any atom is -0.493 e. The highest BCUT2D eigenvalue weighted by Crippen LogP contribution is 2.30. The van der Waals surface area contributed by atoms with Crippen LogP contribution in [0.3, 0.4) is 0 Å². The second-order valence-corrected chi connectivity index (χ2v) is 4.91. The van der Waals surface area contributed by atoms with Crippen LogP contribution in [0.15, 0.2) is 28.8 Å². The van der Waals surface area contributed by atoms with Crippen LogP contribution in [0.1, 0.15) is 31.6 Å². The molecule has 2 heterocycles. The van der Waals surface area contributed by atoms with E-state index in [-0.39, 0.29) is 0 Å². The van der Waals surface area contributed by atoms with Crippen molar-refractivity contribution in [3.8, 4) is 17.1 Å². The fourth-order valence-corrected chi connectivity index (χ4v) is 2.51. The Morgan fingerprint density at radius 3 is 2.90 bits per heavy atom. The molecule has 0 bridgehead atoms. The maximum atomic E-state index is 5.61. The quantitative estimate of drug-likeness (QED) is 0.927. The summed E-state index contributed by atoms with van der Waals surface area (Å²) in [6, 6.07) is 7.79. The smallest absolute Gasteiger partial charge is 0.230 e. The third-order valence-corrected chi connectivity index (χ3v) is 3.56. The van der Waals surface area contributed by atoms with Gasteiger partial charge in [-0.15, -0.1) is 0 Å². The summed E-state index contributed by atoms with van der Waals surface area (Å²) in [6.45, 7) is 4.61. The zero-order valence-electron chi connectivity index (χ0n) is 11.6. The Morgan fingerprint density at radius 1 is 1.30 bits per heavy atom. The Bertz CT molecular complexity index is 562. The van der Waals surface area contributed by atoms with Crippen molar-refractivity contribution in [3.63, 3.8) is 0 Å². The van der Waals surface area contributed by atoms with Crippen LogP contribution >= 0.6 is 0 Å². The molecule has 5 nitrogen and oxygen atoms in total. The molecule has 0 amide bonds. The Morgan fingerprint density at radius 2 is 2.10 bits per heavy atom. The minimum absolute atomic E-state index is 0.372. The van der Waals surface area contributed by atoms with E-state index in [1.165, 1.54) is 0 Å². The van der Waals surface area contributed by atoms with Gasteiger partial charge in [-0.1, -0.05) is 17.3 Å². The van der Waals surface area contributed by atoms with Gasteiger partial charge < -0.3 is 14.6 Å². The van der Waals surface area contributed by atoms with Crippen LogP contribution < -0.4 is 10.1 Å². The van der Waals surface area contributed by atoms with Crippen molar-refractivity contribution in [2.45, 2.75) is 25.7 Å². The molecular weight excluding hydrogens is 254 g/mol. The van der Waals surface area contributed by atoms with E-state index in [2.05, 4.69) is 15.5 Å². The normalized spacial score (nSPS) is 16.2. The molecule has 0 unspecified atom stereocenters. The molecule has 5 heteroatoms. The molecule has 0 aliphatic carbocycles. The SMILES string of the molecule is CCOc1ccccc1-c1noc(C2CCNCC2)n1. The predicted octanol–water partition coefficient (Wildman–Crippen LogP) is 2.60. The summed E-state index contributed by atoms with van der Waals surface area (Å²) in [7, 11) is 0. The van der Waals surface area contributed by atoms with Crippen LogP contribution in [-0.4, -0.2) is 29.8 Å². The molecule has 2 aromatic rings. The molecule has 20 heavy (non-hydrogen) atoms. The maximum absolute atomic E-state index is 5.61. The maximum Gasteiger partial charge on any atom is 0.230 e. The van der Waals surface area contributed by atoms with Crippen molar-refractivity contribution in [3.05, 3.63) is 30.2 Å². The zero-order valence-corrected chi connectivity index (χ0v) is 11.6. The summed E-state index contributed by atoms with van der Waals surface area (Å²) in [5.41, 5.74) is 0.887. The van der Waals surface area contributed by atoms with Crippen LogP contribution in [0.5, 0.6) is 5.75 Å². The van der Waals surface area contributed by atoms with Crippen molar-refractivity contribution in [1.29, 1.82) is 0 Å². The summed E-state index contributed by atoms with van der Waals surface area (Å²) in [5, 5.41) is 7.46. The molecule has 1 aliphatic heterocycles. The van der Waals surface area contributed by atoms with E-state index in [1.54, 1.807) is 0 Å². The summed E-state index contributed by atoms with van der Waals surface area (Å²) in [6.07, 6.45) is 2.10. The van der Waals surface area contributed by atoms with E-state index in [4.69, 9.17) is 9.26 Å². The van der Waals surface area contributed by atoms with E-state index >= 15 is 0 Å². The molecule has 0 atom stereocenters.